The van der Waals surface area contributed by atoms with Crippen molar-refractivity contribution in [2.45, 2.75) is 40.0 Å². The van der Waals surface area contributed by atoms with Crippen LogP contribution in [0.25, 0.3) is 22.6 Å². The molecular weight excluding hydrogens is 372 g/mol. The molecule has 0 atom stereocenters. The van der Waals surface area contributed by atoms with Crippen molar-refractivity contribution >= 4 is 22.7 Å². The zero-order chi connectivity index (χ0) is 21.5. The van der Waals surface area contributed by atoms with Gasteiger partial charge in [0.25, 0.3) is 5.91 Å². The summed E-state index contributed by atoms with van der Waals surface area (Å²) in [6, 6.07) is 19.6. The number of nitrogens with one attached hydrogen (secondary N) is 1. The quantitative estimate of drug-likeness (QED) is 0.420. The highest BCUT2D eigenvalue weighted by Gasteiger charge is 2.15. The van der Waals surface area contributed by atoms with Gasteiger partial charge in [-0.1, -0.05) is 45.0 Å². The summed E-state index contributed by atoms with van der Waals surface area (Å²) in [7, 11) is 0. The average Bonchev–Trinajstić information content (AvgIpc) is 3.12. The second-order valence-corrected chi connectivity index (χ2v) is 8.80. The lowest BCUT2D eigenvalue weighted by Gasteiger charge is -2.19. The van der Waals surface area contributed by atoms with E-state index in [1.54, 1.807) is 0 Å². The Morgan fingerprint density at radius 2 is 1.67 bits per heavy atom. The van der Waals surface area contributed by atoms with Gasteiger partial charge in [0.15, 0.2) is 5.58 Å². The number of hydrogen-bond acceptors (Lipinski definition) is 3. The van der Waals surface area contributed by atoms with Gasteiger partial charge in [-0.15, -0.1) is 0 Å². The van der Waals surface area contributed by atoms with Gasteiger partial charge in [0, 0.05) is 16.8 Å². The molecule has 3 aromatic carbocycles. The zero-order valence-electron chi connectivity index (χ0n) is 18.0. The van der Waals surface area contributed by atoms with Crippen molar-refractivity contribution in [2.75, 3.05) is 5.32 Å². The van der Waals surface area contributed by atoms with Crippen molar-refractivity contribution in [1.29, 1.82) is 0 Å². The van der Waals surface area contributed by atoms with E-state index in [-0.39, 0.29) is 11.3 Å². The standard InChI is InChI=1S/C26H26N2O2/c1-16-6-13-21-23(14-16)30-25(28-21)19-8-7-17(2)22(15-19)27-24(29)18-9-11-20(12-10-18)26(3,4)5/h6-15H,1-5H3,(H,27,29). The van der Waals surface area contributed by atoms with E-state index >= 15 is 0 Å². The van der Waals surface area contributed by atoms with Crippen LogP contribution >= 0.6 is 0 Å². The fraction of sp³-hybridized carbons (Fsp3) is 0.231. The first-order chi connectivity index (χ1) is 14.2. The van der Waals surface area contributed by atoms with Gasteiger partial charge >= 0.3 is 0 Å². The Morgan fingerprint density at radius 3 is 2.37 bits per heavy atom. The molecule has 0 unspecified atom stereocenters. The number of anilines is 1. The minimum atomic E-state index is -0.135. The number of carbonyl (C=O) groups excluding carboxylic acids is 1. The maximum Gasteiger partial charge on any atom is 0.255 e. The highest BCUT2D eigenvalue weighted by Crippen LogP contribution is 2.29. The third-order valence-corrected chi connectivity index (χ3v) is 5.29. The Morgan fingerprint density at radius 1 is 0.933 bits per heavy atom. The highest BCUT2D eigenvalue weighted by atomic mass is 16.3. The molecule has 0 spiro atoms. The predicted molar refractivity (Wildman–Crippen MR) is 122 cm³/mol. The van der Waals surface area contributed by atoms with Gasteiger partial charge in [-0.25, -0.2) is 4.98 Å². The molecule has 0 radical (unpaired) electrons. The first-order valence-electron chi connectivity index (χ1n) is 10.1. The van der Waals surface area contributed by atoms with E-state index < -0.39 is 0 Å². The lowest BCUT2D eigenvalue weighted by atomic mass is 9.86. The largest absolute Gasteiger partial charge is 0.436 e. The van der Waals surface area contributed by atoms with Gasteiger partial charge in [-0.05, 0) is 72.4 Å². The van der Waals surface area contributed by atoms with E-state index in [0.29, 0.717) is 11.5 Å². The van der Waals surface area contributed by atoms with Gasteiger partial charge < -0.3 is 9.73 Å². The molecule has 1 amide bonds. The molecule has 4 nitrogen and oxygen atoms in total. The molecule has 0 bridgehead atoms. The number of amides is 1. The van der Waals surface area contributed by atoms with Crippen molar-refractivity contribution in [3.63, 3.8) is 0 Å². The molecule has 0 fully saturated rings. The lowest BCUT2D eigenvalue weighted by molar-refractivity contribution is 0.102. The van der Waals surface area contributed by atoms with Crippen LogP contribution in [0, 0.1) is 13.8 Å². The molecule has 0 saturated heterocycles. The first-order valence-corrected chi connectivity index (χ1v) is 10.1. The van der Waals surface area contributed by atoms with Crippen LogP contribution in [0.2, 0.25) is 0 Å². The van der Waals surface area contributed by atoms with Crippen LogP contribution in [0.3, 0.4) is 0 Å². The molecule has 1 heterocycles. The van der Waals surface area contributed by atoms with Gasteiger partial charge in [0.1, 0.15) is 5.52 Å². The van der Waals surface area contributed by atoms with Crippen molar-refractivity contribution < 1.29 is 9.21 Å². The first kappa shape index (κ1) is 19.9. The lowest BCUT2D eigenvalue weighted by Crippen LogP contribution is -2.15. The number of hydrogen-bond donors (Lipinski definition) is 1. The summed E-state index contributed by atoms with van der Waals surface area (Å²) < 4.78 is 5.94. The predicted octanol–water partition coefficient (Wildman–Crippen LogP) is 6.66. The van der Waals surface area contributed by atoms with Gasteiger partial charge in [-0.3, -0.25) is 4.79 Å². The zero-order valence-corrected chi connectivity index (χ0v) is 18.0. The average molecular weight is 399 g/mol. The van der Waals surface area contributed by atoms with E-state index in [9.17, 15) is 4.79 Å². The molecule has 4 heteroatoms. The fourth-order valence-corrected chi connectivity index (χ4v) is 3.36. The summed E-state index contributed by atoms with van der Waals surface area (Å²) in [6.45, 7) is 10.5. The van der Waals surface area contributed by atoms with Crippen LogP contribution in [-0.4, -0.2) is 10.9 Å². The molecule has 0 aliphatic rings. The summed E-state index contributed by atoms with van der Waals surface area (Å²) in [5.41, 5.74) is 7.14. The molecule has 0 aliphatic carbocycles. The topological polar surface area (TPSA) is 55.1 Å². The monoisotopic (exact) mass is 398 g/mol. The minimum absolute atomic E-state index is 0.0536. The number of benzene rings is 3. The second kappa shape index (κ2) is 7.45. The SMILES string of the molecule is Cc1ccc2nc(-c3ccc(C)c(NC(=O)c4ccc(C(C)(C)C)cc4)c3)oc2c1. The van der Waals surface area contributed by atoms with Crippen molar-refractivity contribution in [3.05, 3.63) is 82.9 Å². The Kier molecular flexibility index (Phi) is 4.94. The van der Waals surface area contributed by atoms with Crippen LogP contribution in [0.1, 0.15) is 47.8 Å². The van der Waals surface area contributed by atoms with Crippen LogP contribution < -0.4 is 5.32 Å². The molecule has 152 valence electrons. The second-order valence-electron chi connectivity index (χ2n) is 8.80. The van der Waals surface area contributed by atoms with Crippen molar-refractivity contribution in [3.8, 4) is 11.5 Å². The normalized spacial score (nSPS) is 11.6. The van der Waals surface area contributed by atoms with Crippen molar-refractivity contribution in [1.82, 2.24) is 4.98 Å². The number of fused-ring (bicyclic) bond motifs is 1. The number of aryl methyl sites for hydroxylation is 2. The van der Waals surface area contributed by atoms with Gasteiger partial charge in [0.05, 0.1) is 0 Å². The number of rotatable bonds is 3. The Bertz CT molecular complexity index is 1230. The molecule has 1 aromatic heterocycles. The third-order valence-electron chi connectivity index (χ3n) is 5.29. The molecule has 4 rings (SSSR count). The minimum Gasteiger partial charge on any atom is -0.436 e. The van der Waals surface area contributed by atoms with Gasteiger partial charge in [-0.2, -0.15) is 0 Å². The van der Waals surface area contributed by atoms with E-state index in [1.807, 2.05) is 74.5 Å². The maximum atomic E-state index is 12.8. The molecule has 1 N–H and O–H groups in total. The number of nitrogens with zero attached hydrogens (tertiary/aromatic N) is 1. The Labute approximate surface area is 177 Å². The number of aromatic nitrogens is 1. The Hall–Kier alpha value is -3.40. The van der Waals surface area contributed by atoms with Crippen LogP contribution in [0.5, 0.6) is 0 Å². The molecule has 0 aliphatic heterocycles. The van der Waals surface area contributed by atoms with Crippen LogP contribution in [-0.2, 0) is 5.41 Å². The maximum absolute atomic E-state index is 12.8. The molecule has 0 saturated carbocycles. The summed E-state index contributed by atoms with van der Waals surface area (Å²) in [5, 5.41) is 3.03. The summed E-state index contributed by atoms with van der Waals surface area (Å²) in [6.07, 6.45) is 0. The van der Waals surface area contributed by atoms with Gasteiger partial charge in [0.2, 0.25) is 5.89 Å². The highest BCUT2D eigenvalue weighted by molar-refractivity contribution is 6.05. The van der Waals surface area contributed by atoms with E-state index in [1.165, 1.54) is 5.56 Å². The van der Waals surface area contributed by atoms with E-state index in [4.69, 9.17) is 4.42 Å². The number of carbonyl (C=O) groups is 1. The Balaban J connectivity index is 1.60. The number of oxazole rings is 1. The third kappa shape index (κ3) is 3.99. The van der Waals surface area contributed by atoms with E-state index in [0.717, 1.165) is 33.5 Å². The molecular formula is C26H26N2O2. The van der Waals surface area contributed by atoms with Crippen LogP contribution in [0.15, 0.2) is 65.1 Å². The fourth-order valence-electron chi connectivity index (χ4n) is 3.36. The summed E-state index contributed by atoms with van der Waals surface area (Å²) in [4.78, 5) is 17.4. The summed E-state index contributed by atoms with van der Waals surface area (Å²) in [5.74, 6) is 0.407. The van der Waals surface area contributed by atoms with Crippen LogP contribution in [0.4, 0.5) is 5.69 Å². The summed E-state index contributed by atoms with van der Waals surface area (Å²) >= 11 is 0. The molecule has 30 heavy (non-hydrogen) atoms. The van der Waals surface area contributed by atoms with E-state index in [2.05, 4.69) is 31.1 Å². The molecule has 4 aromatic rings. The van der Waals surface area contributed by atoms with Crippen molar-refractivity contribution in [2.24, 2.45) is 0 Å². The smallest absolute Gasteiger partial charge is 0.255 e.